The number of nitrogen functional groups attached to an aromatic ring is 1. The smallest absolute Gasteiger partial charge is 0.239 e. The molecule has 2 N–H and O–H groups in total. The van der Waals surface area contributed by atoms with Crippen LogP contribution < -0.4 is 5.73 Å². The normalized spacial score (nSPS) is 12.8. The Morgan fingerprint density at radius 3 is 2.79 bits per heavy atom. The maximum absolute atomic E-state index is 6.14. The molecule has 0 radical (unpaired) electrons. The lowest BCUT2D eigenvalue weighted by molar-refractivity contribution is 0.374. The molecule has 24 heavy (non-hydrogen) atoms. The van der Waals surface area contributed by atoms with E-state index in [0.717, 1.165) is 40.9 Å². The fourth-order valence-corrected chi connectivity index (χ4v) is 4.29. The summed E-state index contributed by atoms with van der Waals surface area (Å²) >= 11 is 3.13. The summed E-state index contributed by atoms with van der Waals surface area (Å²) < 4.78 is 5.37. The van der Waals surface area contributed by atoms with Gasteiger partial charge in [0.05, 0.1) is 10.6 Å². The summed E-state index contributed by atoms with van der Waals surface area (Å²) in [6, 6.07) is 0. The van der Waals surface area contributed by atoms with Crippen LogP contribution in [0.1, 0.15) is 54.1 Å². The molecule has 0 saturated heterocycles. The Bertz CT molecular complexity index is 858. The van der Waals surface area contributed by atoms with Crippen molar-refractivity contribution in [3.63, 3.8) is 0 Å². The molecule has 0 amide bonds. The third kappa shape index (κ3) is 3.39. The number of rotatable bonds is 6. The molecule has 3 aromatic rings. The van der Waals surface area contributed by atoms with Crippen molar-refractivity contribution in [3.05, 3.63) is 22.2 Å². The average Bonchev–Trinajstić information content (AvgIpc) is 3.11. The van der Waals surface area contributed by atoms with Crippen LogP contribution in [0.15, 0.2) is 9.68 Å². The Hall–Kier alpha value is -1.67. The van der Waals surface area contributed by atoms with E-state index in [-0.39, 0.29) is 5.25 Å². The zero-order valence-electron chi connectivity index (χ0n) is 14.3. The van der Waals surface area contributed by atoms with Gasteiger partial charge in [0.1, 0.15) is 10.6 Å². The number of aromatic nitrogens is 4. The molecule has 3 heterocycles. The third-order valence-electron chi connectivity index (χ3n) is 3.90. The quantitative estimate of drug-likeness (QED) is 0.510. The predicted molar refractivity (Wildman–Crippen MR) is 98.5 cm³/mol. The lowest BCUT2D eigenvalue weighted by Crippen LogP contribution is -1.98. The first-order valence-corrected chi connectivity index (χ1v) is 9.71. The lowest BCUT2D eigenvalue weighted by Gasteiger charge is -2.06. The number of anilines is 1. The predicted octanol–water partition coefficient (Wildman–Crippen LogP) is 4.47. The van der Waals surface area contributed by atoms with Crippen molar-refractivity contribution < 1.29 is 4.52 Å². The van der Waals surface area contributed by atoms with Gasteiger partial charge < -0.3 is 10.3 Å². The number of nitrogens with two attached hydrogens (primary N) is 1. The minimum Gasteiger partial charge on any atom is -0.383 e. The molecule has 0 bridgehead atoms. The van der Waals surface area contributed by atoms with Crippen molar-refractivity contribution >= 4 is 39.1 Å². The molecule has 6 nitrogen and oxygen atoms in total. The Morgan fingerprint density at radius 1 is 1.25 bits per heavy atom. The molecule has 0 saturated carbocycles. The van der Waals surface area contributed by atoms with Gasteiger partial charge in [-0.05, 0) is 32.8 Å². The van der Waals surface area contributed by atoms with E-state index in [9.17, 15) is 0 Å². The maximum Gasteiger partial charge on any atom is 0.239 e. The van der Waals surface area contributed by atoms with Crippen molar-refractivity contribution in [1.29, 1.82) is 0 Å². The molecule has 0 fully saturated rings. The molecule has 0 aliphatic carbocycles. The van der Waals surface area contributed by atoms with E-state index in [1.807, 2.05) is 6.92 Å². The van der Waals surface area contributed by atoms with E-state index in [2.05, 4.69) is 40.9 Å². The van der Waals surface area contributed by atoms with Crippen LogP contribution >= 0.6 is 23.1 Å². The topological polar surface area (TPSA) is 90.7 Å². The summed E-state index contributed by atoms with van der Waals surface area (Å²) in [6.45, 7) is 8.29. The second-order valence-corrected chi connectivity index (χ2v) is 8.28. The molecule has 0 aliphatic rings. The van der Waals surface area contributed by atoms with E-state index in [0.29, 0.717) is 16.9 Å². The summed E-state index contributed by atoms with van der Waals surface area (Å²) in [6.07, 6.45) is 3.02. The van der Waals surface area contributed by atoms with Crippen LogP contribution in [0.25, 0.3) is 10.2 Å². The molecule has 0 aromatic carbocycles. The molecular formula is C16H21N5OS2. The maximum atomic E-state index is 6.14. The van der Waals surface area contributed by atoms with Gasteiger partial charge in [-0.1, -0.05) is 30.3 Å². The minimum absolute atomic E-state index is 0.0214. The number of thiophene rings is 1. The van der Waals surface area contributed by atoms with Crippen molar-refractivity contribution in [1.82, 2.24) is 20.1 Å². The van der Waals surface area contributed by atoms with E-state index in [4.69, 9.17) is 10.3 Å². The number of aryl methyl sites for hydroxylation is 3. The summed E-state index contributed by atoms with van der Waals surface area (Å²) in [7, 11) is 0. The van der Waals surface area contributed by atoms with Crippen LogP contribution in [0.4, 0.5) is 5.82 Å². The molecule has 128 valence electrons. The van der Waals surface area contributed by atoms with E-state index in [1.165, 1.54) is 16.6 Å². The van der Waals surface area contributed by atoms with E-state index < -0.39 is 0 Å². The second-order valence-electron chi connectivity index (χ2n) is 5.77. The first-order chi connectivity index (χ1) is 11.5. The van der Waals surface area contributed by atoms with Crippen LogP contribution in [0.5, 0.6) is 0 Å². The number of fused-ring (bicyclic) bond motifs is 1. The van der Waals surface area contributed by atoms with Crippen molar-refractivity contribution in [2.24, 2.45) is 0 Å². The van der Waals surface area contributed by atoms with Crippen molar-refractivity contribution in [3.8, 4) is 0 Å². The Balaban J connectivity index is 1.80. The Morgan fingerprint density at radius 2 is 2.04 bits per heavy atom. The SMILES string of the molecule is CCCCc1noc(C(C)Sc2nc(N)c3c(C)c(C)sc3n2)n1. The highest BCUT2D eigenvalue weighted by Gasteiger charge is 2.19. The zero-order chi connectivity index (χ0) is 17.3. The highest BCUT2D eigenvalue weighted by Crippen LogP contribution is 2.37. The van der Waals surface area contributed by atoms with Gasteiger partial charge in [-0.3, -0.25) is 0 Å². The Kier molecular flexibility index (Phi) is 5.05. The summed E-state index contributed by atoms with van der Waals surface area (Å²) in [4.78, 5) is 15.7. The fourth-order valence-electron chi connectivity index (χ4n) is 2.39. The van der Waals surface area contributed by atoms with Gasteiger partial charge in [0, 0.05) is 11.3 Å². The Labute approximate surface area is 149 Å². The molecule has 0 aliphatic heterocycles. The highest BCUT2D eigenvalue weighted by atomic mass is 32.2. The number of thioether (sulfide) groups is 1. The number of hydrogen-bond acceptors (Lipinski definition) is 8. The third-order valence-corrected chi connectivity index (χ3v) is 5.95. The summed E-state index contributed by atoms with van der Waals surface area (Å²) in [5.41, 5.74) is 7.30. The first-order valence-electron chi connectivity index (χ1n) is 8.02. The molecular weight excluding hydrogens is 342 g/mol. The second kappa shape index (κ2) is 7.06. The van der Waals surface area contributed by atoms with E-state index >= 15 is 0 Å². The van der Waals surface area contributed by atoms with Gasteiger partial charge in [0.15, 0.2) is 11.0 Å². The summed E-state index contributed by atoms with van der Waals surface area (Å²) in [5.74, 6) is 1.90. The van der Waals surface area contributed by atoms with Gasteiger partial charge >= 0.3 is 0 Å². The number of unbranched alkanes of at least 4 members (excludes halogenated alkanes) is 1. The van der Waals surface area contributed by atoms with Crippen LogP contribution in [-0.2, 0) is 6.42 Å². The summed E-state index contributed by atoms with van der Waals surface area (Å²) in [5, 5.41) is 5.62. The van der Waals surface area contributed by atoms with Crippen LogP contribution in [0, 0.1) is 13.8 Å². The lowest BCUT2D eigenvalue weighted by atomic mass is 10.2. The fraction of sp³-hybridized carbons (Fsp3) is 0.500. The van der Waals surface area contributed by atoms with Crippen LogP contribution in [0.2, 0.25) is 0 Å². The van der Waals surface area contributed by atoms with Gasteiger partial charge in [-0.25, -0.2) is 9.97 Å². The largest absolute Gasteiger partial charge is 0.383 e. The standard InChI is InChI=1S/C16H21N5OS2/c1-5-6-7-11-18-14(22-21-11)10(4)24-16-19-13(17)12-8(2)9(3)23-15(12)20-16/h10H,5-7H2,1-4H3,(H2,17,19,20). The number of nitrogens with zero attached hydrogens (tertiary/aromatic N) is 4. The van der Waals surface area contributed by atoms with Gasteiger partial charge in [0.2, 0.25) is 5.89 Å². The molecule has 8 heteroatoms. The highest BCUT2D eigenvalue weighted by molar-refractivity contribution is 7.99. The number of hydrogen-bond donors (Lipinski definition) is 1. The molecule has 1 atom stereocenters. The zero-order valence-corrected chi connectivity index (χ0v) is 15.9. The minimum atomic E-state index is -0.0214. The average molecular weight is 364 g/mol. The molecule has 3 aromatic heterocycles. The first kappa shape index (κ1) is 17.2. The van der Waals surface area contributed by atoms with E-state index in [1.54, 1.807) is 11.3 Å². The van der Waals surface area contributed by atoms with Crippen molar-refractivity contribution in [2.45, 2.75) is 57.4 Å². The van der Waals surface area contributed by atoms with Crippen LogP contribution in [0.3, 0.4) is 0 Å². The van der Waals surface area contributed by atoms with Crippen LogP contribution in [-0.4, -0.2) is 20.1 Å². The van der Waals surface area contributed by atoms with Gasteiger partial charge in [-0.2, -0.15) is 4.98 Å². The van der Waals surface area contributed by atoms with Crippen molar-refractivity contribution in [2.75, 3.05) is 5.73 Å². The molecule has 0 spiro atoms. The van der Waals surface area contributed by atoms with Gasteiger partial charge in [0.25, 0.3) is 0 Å². The molecule has 3 rings (SSSR count). The molecule has 1 unspecified atom stereocenters. The monoisotopic (exact) mass is 363 g/mol. The van der Waals surface area contributed by atoms with Gasteiger partial charge in [-0.15, -0.1) is 11.3 Å².